The molecule has 0 heterocycles. The summed E-state index contributed by atoms with van der Waals surface area (Å²) >= 11 is 0. The van der Waals surface area contributed by atoms with Crippen molar-refractivity contribution in [1.82, 2.24) is 0 Å². The number of nitrogens with one attached hydrogen (secondary N) is 1. The zero-order valence-corrected chi connectivity index (χ0v) is 6.15. The molecular weight excluding hydrogens is 124 g/mol. The van der Waals surface area contributed by atoms with Crippen LogP contribution in [-0.2, 0) is 0 Å². The Balaban J connectivity index is 2.78. The smallest absolute Gasteiger partial charge is 0.118 e. The third kappa shape index (κ3) is 1.47. The molecule has 0 aromatic heterocycles. The molecule has 10 heavy (non-hydrogen) atoms. The fourth-order valence-corrected chi connectivity index (χ4v) is 1.07. The molecule has 0 aromatic rings. The summed E-state index contributed by atoms with van der Waals surface area (Å²) in [4.78, 5) is 0. The molecule has 0 bridgehead atoms. The predicted octanol–water partition coefficient (Wildman–Crippen LogP) is 1.59. The van der Waals surface area contributed by atoms with Crippen LogP contribution in [0.3, 0.4) is 0 Å². The van der Waals surface area contributed by atoms with Crippen LogP contribution in [0.1, 0.15) is 19.8 Å². The van der Waals surface area contributed by atoms with E-state index in [1.807, 2.05) is 13.0 Å². The molecule has 0 amide bonds. The van der Waals surface area contributed by atoms with Gasteiger partial charge in [0, 0.05) is 0 Å². The van der Waals surface area contributed by atoms with E-state index in [9.17, 15) is 0 Å². The van der Waals surface area contributed by atoms with Crippen molar-refractivity contribution in [2.75, 3.05) is 0 Å². The molecular formula is C8H12N2. The van der Waals surface area contributed by atoms with Crippen LogP contribution in [-0.4, -0.2) is 5.84 Å². The number of nitrogens with two attached hydrogens (primary N) is 1. The van der Waals surface area contributed by atoms with Crippen LogP contribution in [0.2, 0.25) is 0 Å². The number of allylic oxidation sites excluding steroid dienone is 3. The number of hydrogen-bond acceptors (Lipinski definition) is 1. The highest BCUT2D eigenvalue weighted by Crippen LogP contribution is 2.15. The first kappa shape index (κ1) is 7.06. The minimum atomic E-state index is 0.215. The summed E-state index contributed by atoms with van der Waals surface area (Å²) in [5.41, 5.74) is 7.51. The maximum absolute atomic E-state index is 7.16. The molecule has 0 saturated carbocycles. The van der Waals surface area contributed by atoms with Crippen molar-refractivity contribution in [2.24, 2.45) is 5.73 Å². The molecule has 0 radical (unpaired) electrons. The highest BCUT2D eigenvalue weighted by Gasteiger charge is 2.03. The van der Waals surface area contributed by atoms with Crippen LogP contribution in [0.5, 0.6) is 0 Å². The van der Waals surface area contributed by atoms with Crippen molar-refractivity contribution in [2.45, 2.75) is 19.8 Å². The summed E-state index contributed by atoms with van der Waals surface area (Å²) in [7, 11) is 0. The summed E-state index contributed by atoms with van der Waals surface area (Å²) < 4.78 is 0. The summed E-state index contributed by atoms with van der Waals surface area (Å²) in [5.74, 6) is 0.215. The Hall–Kier alpha value is -1.05. The normalized spacial score (nSPS) is 17.7. The van der Waals surface area contributed by atoms with Crippen LogP contribution in [0.4, 0.5) is 0 Å². The molecule has 54 valence electrons. The molecule has 0 saturated heterocycles. The van der Waals surface area contributed by atoms with Gasteiger partial charge >= 0.3 is 0 Å². The second-order valence-corrected chi connectivity index (χ2v) is 2.57. The Morgan fingerprint density at radius 2 is 2.40 bits per heavy atom. The summed E-state index contributed by atoms with van der Waals surface area (Å²) in [6.45, 7) is 2.03. The van der Waals surface area contributed by atoms with Gasteiger partial charge in [0.25, 0.3) is 0 Å². The predicted molar refractivity (Wildman–Crippen MR) is 43.0 cm³/mol. The van der Waals surface area contributed by atoms with E-state index in [1.165, 1.54) is 5.57 Å². The van der Waals surface area contributed by atoms with E-state index in [-0.39, 0.29) is 5.84 Å². The third-order valence-corrected chi connectivity index (χ3v) is 1.63. The van der Waals surface area contributed by atoms with Gasteiger partial charge in [-0.2, -0.15) is 0 Å². The van der Waals surface area contributed by atoms with Gasteiger partial charge in [-0.15, -0.1) is 0 Å². The zero-order chi connectivity index (χ0) is 7.56. The maximum atomic E-state index is 7.16. The van der Waals surface area contributed by atoms with E-state index in [1.54, 1.807) is 0 Å². The van der Waals surface area contributed by atoms with Crippen molar-refractivity contribution in [1.29, 1.82) is 5.41 Å². The van der Waals surface area contributed by atoms with Crippen molar-refractivity contribution in [3.05, 3.63) is 23.3 Å². The van der Waals surface area contributed by atoms with E-state index in [0.29, 0.717) is 0 Å². The van der Waals surface area contributed by atoms with Crippen LogP contribution in [0, 0.1) is 5.41 Å². The molecule has 0 aromatic carbocycles. The Morgan fingerprint density at radius 1 is 1.70 bits per heavy atom. The van der Waals surface area contributed by atoms with Gasteiger partial charge in [0.05, 0.1) is 0 Å². The van der Waals surface area contributed by atoms with E-state index in [0.717, 1.165) is 18.4 Å². The number of amidine groups is 1. The molecule has 0 fully saturated rings. The van der Waals surface area contributed by atoms with Gasteiger partial charge < -0.3 is 5.73 Å². The zero-order valence-electron chi connectivity index (χ0n) is 6.15. The highest BCUT2D eigenvalue weighted by molar-refractivity contribution is 5.95. The first-order valence-corrected chi connectivity index (χ1v) is 3.42. The van der Waals surface area contributed by atoms with Crippen molar-refractivity contribution >= 4 is 5.84 Å². The first-order valence-electron chi connectivity index (χ1n) is 3.42. The number of rotatable bonds is 1. The second kappa shape index (κ2) is 2.69. The van der Waals surface area contributed by atoms with Crippen molar-refractivity contribution < 1.29 is 0 Å². The average Bonchev–Trinajstić information content (AvgIpc) is 1.88. The quantitative estimate of drug-likeness (QED) is 0.417. The lowest BCUT2D eigenvalue weighted by atomic mass is 10.00. The molecule has 1 aliphatic rings. The lowest BCUT2D eigenvalue weighted by Gasteiger charge is -2.08. The Labute approximate surface area is 60.9 Å². The molecule has 0 atom stereocenters. The molecule has 2 heteroatoms. The molecule has 1 rings (SSSR count). The average molecular weight is 136 g/mol. The van der Waals surface area contributed by atoms with Gasteiger partial charge in [0.15, 0.2) is 0 Å². The molecule has 2 nitrogen and oxygen atoms in total. The fourth-order valence-electron chi connectivity index (χ4n) is 1.07. The summed E-state index contributed by atoms with van der Waals surface area (Å²) in [6.07, 6.45) is 6.09. The Morgan fingerprint density at radius 3 is 2.80 bits per heavy atom. The van der Waals surface area contributed by atoms with Gasteiger partial charge in [0.2, 0.25) is 0 Å². The van der Waals surface area contributed by atoms with E-state index in [4.69, 9.17) is 11.1 Å². The Bertz CT molecular complexity index is 211. The lowest BCUT2D eigenvalue weighted by molar-refractivity contribution is 0.979. The van der Waals surface area contributed by atoms with Crippen molar-refractivity contribution in [3.8, 4) is 0 Å². The van der Waals surface area contributed by atoms with Crippen LogP contribution >= 0.6 is 0 Å². The standard InChI is InChI=1S/C8H12N2/c1-6-3-2-4-7(5-6)8(9)10/h3,5H,2,4H2,1H3,(H3,9,10). The minimum Gasteiger partial charge on any atom is -0.384 e. The Kier molecular flexibility index (Phi) is 1.90. The maximum Gasteiger partial charge on any atom is 0.118 e. The SMILES string of the molecule is CC1=CCCC(C(=N)N)=C1. The molecule has 0 aliphatic heterocycles. The van der Waals surface area contributed by atoms with E-state index >= 15 is 0 Å². The molecule has 0 unspecified atom stereocenters. The summed E-state index contributed by atoms with van der Waals surface area (Å²) in [5, 5.41) is 7.16. The monoisotopic (exact) mass is 136 g/mol. The largest absolute Gasteiger partial charge is 0.384 e. The van der Waals surface area contributed by atoms with Gasteiger partial charge in [-0.1, -0.05) is 17.7 Å². The van der Waals surface area contributed by atoms with Crippen molar-refractivity contribution in [3.63, 3.8) is 0 Å². The fraction of sp³-hybridized carbons (Fsp3) is 0.375. The van der Waals surface area contributed by atoms with E-state index < -0.39 is 0 Å². The topological polar surface area (TPSA) is 49.9 Å². The van der Waals surface area contributed by atoms with Crippen LogP contribution < -0.4 is 5.73 Å². The number of hydrogen-bond donors (Lipinski definition) is 2. The van der Waals surface area contributed by atoms with Gasteiger partial charge in [-0.25, -0.2) is 0 Å². The minimum absolute atomic E-state index is 0.215. The molecule has 3 N–H and O–H groups in total. The highest BCUT2D eigenvalue weighted by atomic mass is 14.7. The van der Waals surface area contributed by atoms with Gasteiger partial charge in [-0.3, -0.25) is 5.41 Å². The third-order valence-electron chi connectivity index (χ3n) is 1.63. The lowest BCUT2D eigenvalue weighted by Crippen LogP contribution is -2.14. The summed E-state index contributed by atoms with van der Waals surface area (Å²) in [6, 6.07) is 0. The molecule has 1 aliphatic carbocycles. The molecule has 0 spiro atoms. The van der Waals surface area contributed by atoms with Crippen LogP contribution in [0.15, 0.2) is 23.3 Å². The van der Waals surface area contributed by atoms with Crippen LogP contribution in [0.25, 0.3) is 0 Å². The van der Waals surface area contributed by atoms with Gasteiger partial charge in [0.1, 0.15) is 5.84 Å². The first-order chi connectivity index (χ1) is 4.70. The van der Waals surface area contributed by atoms with E-state index in [2.05, 4.69) is 6.08 Å². The second-order valence-electron chi connectivity index (χ2n) is 2.57. The van der Waals surface area contributed by atoms with Gasteiger partial charge in [-0.05, 0) is 25.3 Å².